The number of ether oxygens (including phenoxy) is 2. The third-order valence-corrected chi connectivity index (χ3v) is 3.61. The number of aromatic nitrogens is 2. The number of aromatic amines is 1. The second-order valence-corrected chi connectivity index (χ2v) is 4.81. The molecule has 19 heavy (non-hydrogen) atoms. The van der Waals surface area contributed by atoms with E-state index in [9.17, 15) is 0 Å². The summed E-state index contributed by atoms with van der Waals surface area (Å²) in [5, 5.41) is 3.45. The first-order valence-electron chi connectivity index (χ1n) is 6.66. The Morgan fingerprint density at radius 3 is 3.16 bits per heavy atom. The predicted molar refractivity (Wildman–Crippen MR) is 73.7 cm³/mol. The van der Waals surface area contributed by atoms with Gasteiger partial charge in [0.05, 0.1) is 37.3 Å². The Morgan fingerprint density at radius 1 is 1.47 bits per heavy atom. The predicted octanol–water partition coefficient (Wildman–Crippen LogP) is 1.66. The van der Waals surface area contributed by atoms with Gasteiger partial charge in [0, 0.05) is 12.1 Å². The van der Waals surface area contributed by atoms with E-state index in [4.69, 9.17) is 9.47 Å². The molecule has 0 spiro atoms. The minimum absolute atomic E-state index is 0.290. The Kier molecular flexibility index (Phi) is 3.40. The van der Waals surface area contributed by atoms with Gasteiger partial charge in [-0.15, -0.1) is 0 Å². The van der Waals surface area contributed by atoms with Crippen molar-refractivity contribution in [1.29, 1.82) is 0 Å². The average Bonchev–Trinajstić information content (AvgIpc) is 3.03. The average molecular weight is 261 g/mol. The van der Waals surface area contributed by atoms with Crippen LogP contribution in [0.25, 0.3) is 11.0 Å². The molecule has 3 rings (SSSR count). The van der Waals surface area contributed by atoms with E-state index in [1.165, 1.54) is 0 Å². The van der Waals surface area contributed by atoms with Crippen LogP contribution < -0.4 is 10.1 Å². The van der Waals surface area contributed by atoms with E-state index in [0.29, 0.717) is 18.6 Å². The number of fused-ring (bicyclic) bond motifs is 1. The number of imidazole rings is 1. The zero-order valence-electron chi connectivity index (χ0n) is 11.3. The first-order valence-corrected chi connectivity index (χ1v) is 6.66. The third kappa shape index (κ3) is 2.31. The maximum atomic E-state index is 5.57. The third-order valence-electron chi connectivity index (χ3n) is 3.61. The van der Waals surface area contributed by atoms with E-state index < -0.39 is 0 Å². The number of hydrogen-bond acceptors (Lipinski definition) is 4. The number of benzene rings is 1. The van der Waals surface area contributed by atoms with Crippen molar-refractivity contribution >= 4 is 11.0 Å². The summed E-state index contributed by atoms with van der Waals surface area (Å²) in [6, 6.07) is 6.23. The van der Waals surface area contributed by atoms with Gasteiger partial charge in [0.2, 0.25) is 0 Å². The van der Waals surface area contributed by atoms with E-state index >= 15 is 0 Å². The summed E-state index contributed by atoms with van der Waals surface area (Å²) in [7, 11) is 1.67. The van der Waals surface area contributed by atoms with Crippen LogP contribution in [0.3, 0.4) is 0 Å². The van der Waals surface area contributed by atoms with Crippen molar-refractivity contribution in [2.75, 3.05) is 26.9 Å². The molecule has 102 valence electrons. The Morgan fingerprint density at radius 2 is 2.37 bits per heavy atom. The van der Waals surface area contributed by atoms with Gasteiger partial charge in [0.25, 0.3) is 0 Å². The van der Waals surface area contributed by atoms with E-state index in [-0.39, 0.29) is 0 Å². The SMILES string of the molecule is CCNC1COCC1c1nc2ccc(OC)cc2[nH]1. The highest BCUT2D eigenvalue weighted by atomic mass is 16.5. The van der Waals surface area contributed by atoms with Crippen LogP contribution in [0.4, 0.5) is 0 Å². The topological polar surface area (TPSA) is 59.2 Å². The second-order valence-electron chi connectivity index (χ2n) is 4.81. The molecule has 0 radical (unpaired) electrons. The fraction of sp³-hybridized carbons (Fsp3) is 0.500. The zero-order chi connectivity index (χ0) is 13.2. The molecule has 2 unspecified atom stereocenters. The van der Waals surface area contributed by atoms with Crippen molar-refractivity contribution in [2.24, 2.45) is 0 Å². The van der Waals surface area contributed by atoms with Gasteiger partial charge in [-0.2, -0.15) is 0 Å². The molecule has 1 aliphatic heterocycles. The number of nitrogens with one attached hydrogen (secondary N) is 2. The minimum Gasteiger partial charge on any atom is -0.497 e. The smallest absolute Gasteiger partial charge is 0.121 e. The number of likely N-dealkylation sites (N-methyl/N-ethyl adjacent to an activating group) is 1. The number of rotatable bonds is 4. The number of hydrogen-bond donors (Lipinski definition) is 2. The standard InChI is InChI=1S/C14H19N3O2/c1-3-15-13-8-19-7-10(13)14-16-11-5-4-9(18-2)6-12(11)17-14/h4-6,10,13,15H,3,7-8H2,1-2H3,(H,16,17). The number of methoxy groups -OCH3 is 1. The quantitative estimate of drug-likeness (QED) is 0.879. The summed E-state index contributed by atoms with van der Waals surface area (Å²) in [5.74, 6) is 2.12. The maximum absolute atomic E-state index is 5.57. The van der Waals surface area contributed by atoms with Crippen molar-refractivity contribution in [3.8, 4) is 5.75 Å². The Labute approximate surface area is 112 Å². The number of nitrogens with zero attached hydrogens (tertiary/aromatic N) is 1. The van der Waals surface area contributed by atoms with Gasteiger partial charge in [-0.05, 0) is 18.7 Å². The summed E-state index contributed by atoms with van der Waals surface area (Å²) in [6.45, 7) is 4.52. The van der Waals surface area contributed by atoms with Gasteiger partial charge in [-0.3, -0.25) is 0 Å². The van der Waals surface area contributed by atoms with Crippen LogP contribution in [0.2, 0.25) is 0 Å². The van der Waals surface area contributed by atoms with E-state index in [2.05, 4.69) is 22.2 Å². The molecule has 2 heterocycles. The fourth-order valence-electron chi connectivity index (χ4n) is 2.60. The molecule has 0 aliphatic carbocycles. The molecule has 0 bridgehead atoms. The van der Waals surface area contributed by atoms with Crippen LogP contribution in [0.1, 0.15) is 18.7 Å². The normalized spacial score (nSPS) is 23.1. The molecule has 2 N–H and O–H groups in total. The second kappa shape index (κ2) is 5.19. The molecule has 2 aromatic rings. The molecule has 1 fully saturated rings. The summed E-state index contributed by atoms with van der Waals surface area (Å²) in [5.41, 5.74) is 1.98. The van der Waals surface area contributed by atoms with Crippen molar-refractivity contribution in [2.45, 2.75) is 18.9 Å². The summed E-state index contributed by atoms with van der Waals surface area (Å²) < 4.78 is 10.8. The lowest BCUT2D eigenvalue weighted by molar-refractivity contribution is 0.187. The Bertz CT molecular complexity index is 567. The Hall–Kier alpha value is -1.59. The van der Waals surface area contributed by atoms with Gasteiger partial charge in [0.15, 0.2) is 0 Å². The van der Waals surface area contributed by atoms with Crippen LogP contribution in [-0.4, -0.2) is 42.9 Å². The summed E-state index contributed by atoms with van der Waals surface area (Å²) >= 11 is 0. The van der Waals surface area contributed by atoms with Crippen LogP contribution in [0.5, 0.6) is 5.75 Å². The molecule has 5 nitrogen and oxygen atoms in total. The van der Waals surface area contributed by atoms with Crippen LogP contribution >= 0.6 is 0 Å². The molecule has 0 amide bonds. The largest absolute Gasteiger partial charge is 0.497 e. The van der Waals surface area contributed by atoms with Crippen molar-refractivity contribution in [1.82, 2.24) is 15.3 Å². The molecule has 5 heteroatoms. The summed E-state index contributed by atoms with van der Waals surface area (Å²) in [6.07, 6.45) is 0. The lowest BCUT2D eigenvalue weighted by atomic mass is 10.0. The Balaban J connectivity index is 1.92. The molecular weight excluding hydrogens is 242 g/mol. The lowest BCUT2D eigenvalue weighted by Crippen LogP contribution is -2.34. The van der Waals surface area contributed by atoms with Gasteiger partial charge < -0.3 is 19.8 Å². The summed E-state index contributed by atoms with van der Waals surface area (Å²) in [4.78, 5) is 8.06. The number of H-pyrrole nitrogens is 1. The fourth-order valence-corrected chi connectivity index (χ4v) is 2.60. The minimum atomic E-state index is 0.290. The van der Waals surface area contributed by atoms with Gasteiger partial charge in [-0.1, -0.05) is 6.92 Å². The van der Waals surface area contributed by atoms with E-state index in [0.717, 1.165) is 35.8 Å². The zero-order valence-corrected chi connectivity index (χ0v) is 11.3. The molecule has 2 atom stereocenters. The highest BCUT2D eigenvalue weighted by Crippen LogP contribution is 2.27. The molecule has 1 aromatic heterocycles. The van der Waals surface area contributed by atoms with Gasteiger partial charge in [0.1, 0.15) is 11.6 Å². The van der Waals surface area contributed by atoms with E-state index in [1.54, 1.807) is 7.11 Å². The lowest BCUT2D eigenvalue weighted by Gasteiger charge is -2.15. The van der Waals surface area contributed by atoms with Gasteiger partial charge in [-0.25, -0.2) is 4.98 Å². The van der Waals surface area contributed by atoms with Crippen LogP contribution in [0, 0.1) is 0 Å². The van der Waals surface area contributed by atoms with Crippen molar-refractivity contribution in [3.63, 3.8) is 0 Å². The first-order chi connectivity index (χ1) is 9.31. The molecule has 1 saturated heterocycles. The molecule has 1 aliphatic rings. The molecular formula is C14H19N3O2. The van der Waals surface area contributed by atoms with Crippen molar-refractivity contribution in [3.05, 3.63) is 24.0 Å². The monoisotopic (exact) mass is 261 g/mol. The highest BCUT2D eigenvalue weighted by Gasteiger charge is 2.31. The van der Waals surface area contributed by atoms with Crippen molar-refractivity contribution < 1.29 is 9.47 Å². The van der Waals surface area contributed by atoms with Crippen LogP contribution in [0.15, 0.2) is 18.2 Å². The highest BCUT2D eigenvalue weighted by molar-refractivity contribution is 5.76. The molecule has 1 aromatic carbocycles. The molecule has 0 saturated carbocycles. The van der Waals surface area contributed by atoms with Crippen LogP contribution in [-0.2, 0) is 4.74 Å². The van der Waals surface area contributed by atoms with E-state index in [1.807, 2.05) is 18.2 Å². The first kappa shape index (κ1) is 12.4. The van der Waals surface area contributed by atoms with Gasteiger partial charge >= 0.3 is 0 Å². The maximum Gasteiger partial charge on any atom is 0.121 e.